The number of para-hydroxylation sites is 2. The van der Waals surface area contributed by atoms with Gasteiger partial charge >= 0.3 is 0 Å². The fraction of sp³-hybridized carbons (Fsp3) is 0.118. The number of aromatic nitrogens is 3. The Labute approximate surface area is 149 Å². The predicted molar refractivity (Wildman–Crippen MR) is 96.5 cm³/mol. The Balaban J connectivity index is 1.89. The summed E-state index contributed by atoms with van der Waals surface area (Å²) < 4.78 is 1.95. The summed E-state index contributed by atoms with van der Waals surface area (Å²) in [4.78, 5) is 0. The van der Waals surface area contributed by atoms with Crippen molar-refractivity contribution in [3.63, 3.8) is 0 Å². The van der Waals surface area contributed by atoms with Crippen LogP contribution in [0.3, 0.4) is 0 Å². The molecule has 7 heteroatoms. The highest BCUT2D eigenvalue weighted by Gasteiger charge is 2.14. The minimum absolute atomic E-state index is 0.322. The Morgan fingerprint density at radius 1 is 1.08 bits per heavy atom. The standard InChI is InChI=1S/C17H14ClN5S/c18-14-8-4-5-9-15(14)20-12-16-21-22-17(24-11-10-19)23(16)13-6-2-1-3-7-13/h1-9,20H,11-12H2. The highest BCUT2D eigenvalue weighted by molar-refractivity contribution is 7.99. The first-order valence-corrected chi connectivity index (χ1v) is 8.64. The molecule has 0 spiro atoms. The SMILES string of the molecule is N#CCSc1nnc(CNc2ccccc2Cl)n1-c1ccccc1. The van der Waals surface area contributed by atoms with Crippen LogP contribution in [0.5, 0.6) is 0 Å². The lowest BCUT2D eigenvalue weighted by atomic mass is 10.3. The van der Waals surface area contributed by atoms with E-state index in [1.54, 1.807) is 0 Å². The number of anilines is 1. The van der Waals surface area contributed by atoms with Crippen LogP contribution in [0.4, 0.5) is 5.69 Å². The molecular weight excluding hydrogens is 342 g/mol. The average Bonchev–Trinajstić information content (AvgIpc) is 3.03. The average molecular weight is 356 g/mol. The lowest BCUT2D eigenvalue weighted by Crippen LogP contribution is -2.08. The van der Waals surface area contributed by atoms with E-state index in [1.807, 2.05) is 59.2 Å². The Morgan fingerprint density at radius 3 is 2.58 bits per heavy atom. The fourth-order valence-corrected chi connectivity index (χ4v) is 3.06. The zero-order valence-corrected chi connectivity index (χ0v) is 14.3. The summed E-state index contributed by atoms with van der Waals surface area (Å²) in [6.45, 7) is 0.471. The molecule has 2 aromatic carbocycles. The van der Waals surface area contributed by atoms with Crippen molar-refractivity contribution in [1.82, 2.24) is 14.8 Å². The van der Waals surface area contributed by atoms with Crippen LogP contribution >= 0.6 is 23.4 Å². The maximum Gasteiger partial charge on any atom is 0.196 e. The third-order valence-electron chi connectivity index (χ3n) is 3.29. The van der Waals surface area contributed by atoms with E-state index in [2.05, 4.69) is 21.6 Å². The number of thioether (sulfide) groups is 1. The van der Waals surface area contributed by atoms with Gasteiger partial charge in [0, 0.05) is 5.69 Å². The zero-order chi connectivity index (χ0) is 16.8. The molecule has 5 nitrogen and oxygen atoms in total. The summed E-state index contributed by atoms with van der Waals surface area (Å²) in [5.41, 5.74) is 1.80. The van der Waals surface area contributed by atoms with E-state index < -0.39 is 0 Å². The number of benzene rings is 2. The van der Waals surface area contributed by atoms with E-state index in [9.17, 15) is 0 Å². The molecule has 0 unspecified atom stereocenters. The van der Waals surface area contributed by atoms with Crippen LogP contribution in [0, 0.1) is 11.3 Å². The van der Waals surface area contributed by atoms with E-state index >= 15 is 0 Å². The molecule has 0 aliphatic rings. The number of nitrogens with zero attached hydrogens (tertiary/aromatic N) is 4. The lowest BCUT2D eigenvalue weighted by Gasteiger charge is -2.11. The first-order valence-electron chi connectivity index (χ1n) is 7.27. The number of nitriles is 1. The Kier molecular flexibility index (Phi) is 5.36. The van der Waals surface area contributed by atoms with Crippen molar-refractivity contribution >= 4 is 29.1 Å². The Hall–Kier alpha value is -2.49. The molecule has 3 aromatic rings. The molecule has 0 fully saturated rings. The normalized spacial score (nSPS) is 10.3. The molecule has 0 radical (unpaired) electrons. The van der Waals surface area contributed by atoms with E-state index in [1.165, 1.54) is 11.8 Å². The van der Waals surface area contributed by atoms with Gasteiger partial charge in [0.1, 0.15) is 0 Å². The summed E-state index contributed by atoms with van der Waals surface area (Å²) in [5.74, 6) is 1.07. The van der Waals surface area contributed by atoms with E-state index in [0.717, 1.165) is 17.2 Å². The second kappa shape index (κ2) is 7.86. The molecule has 120 valence electrons. The Morgan fingerprint density at radius 2 is 1.83 bits per heavy atom. The van der Waals surface area contributed by atoms with E-state index in [4.69, 9.17) is 16.9 Å². The second-order valence-electron chi connectivity index (χ2n) is 4.85. The van der Waals surface area contributed by atoms with Crippen molar-refractivity contribution in [3.8, 4) is 11.8 Å². The maximum atomic E-state index is 8.82. The molecule has 3 rings (SSSR count). The molecule has 0 amide bonds. The zero-order valence-electron chi connectivity index (χ0n) is 12.7. The highest BCUT2D eigenvalue weighted by Crippen LogP contribution is 2.24. The van der Waals surface area contributed by atoms with Crippen LogP contribution in [0.25, 0.3) is 5.69 Å². The summed E-state index contributed by atoms with van der Waals surface area (Å²) in [5, 5.41) is 21.9. The van der Waals surface area contributed by atoms with Crippen LogP contribution in [0.2, 0.25) is 5.02 Å². The third-order valence-corrected chi connectivity index (χ3v) is 4.42. The molecule has 0 atom stereocenters. The van der Waals surface area contributed by atoms with E-state index in [-0.39, 0.29) is 0 Å². The monoisotopic (exact) mass is 355 g/mol. The number of nitrogens with one attached hydrogen (secondary N) is 1. The van der Waals surface area contributed by atoms with Gasteiger partial charge in [-0.05, 0) is 24.3 Å². The van der Waals surface area contributed by atoms with Crippen LogP contribution in [0.1, 0.15) is 5.82 Å². The van der Waals surface area contributed by atoms with Gasteiger partial charge in [-0.3, -0.25) is 4.57 Å². The number of hydrogen-bond donors (Lipinski definition) is 1. The molecule has 1 N–H and O–H groups in total. The molecule has 1 heterocycles. The first-order chi connectivity index (χ1) is 11.8. The molecule has 1 aromatic heterocycles. The van der Waals surface area contributed by atoms with Crippen LogP contribution in [0.15, 0.2) is 59.8 Å². The number of halogens is 1. The van der Waals surface area contributed by atoms with Gasteiger partial charge < -0.3 is 5.32 Å². The van der Waals surface area contributed by atoms with Crippen molar-refractivity contribution < 1.29 is 0 Å². The fourth-order valence-electron chi connectivity index (χ4n) is 2.22. The largest absolute Gasteiger partial charge is 0.377 e. The molecule has 0 aliphatic carbocycles. The van der Waals surface area contributed by atoms with Gasteiger partial charge in [0.25, 0.3) is 0 Å². The van der Waals surface area contributed by atoms with Gasteiger partial charge in [-0.25, -0.2) is 0 Å². The van der Waals surface area contributed by atoms with Gasteiger partial charge in [-0.15, -0.1) is 10.2 Å². The topological polar surface area (TPSA) is 66.5 Å². The second-order valence-corrected chi connectivity index (χ2v) is 6.20. The molecule has 0 saturated carbocycles. The Bertz CT molecular complexity index is 857. The van der Waals surface area contributed by atoms with Crippen molar-refractivity contribution in [2.45, 2.75) is 11.7 Å². The highest BCUT2D eigenvalue weighted by atomic mass is 35.5. The van der Waals surface area contributed by atoms with Gasteiger partial charge in [0.2, 0.25) is 0 Å². The molecule has 0 saturated heterocycles. The number of hydrogen-bond acceptors (Lipinski definition) is 5. The van der Waals surface area contributed by atoms with Gasteiger partial charge in [0.15, 0.2) is 11.0 Å². The van der Waals surface area contributed by atoms with Crippen LogP contribution < -0.4 is 5.32 Å². The van der Waals surface area contributed by atoms with Crippen molar-refractivity contribution in [3.05, 3.63) is 65.4 Å². The third kappa shape index (κ3) is 3.70. The van der Waals surface area contributed by atoms with Gasteiger partial charge in [-0.2, -0.15) is 5.26 Å². The molecule has 0 bridgehead atoms. The number of rotatable bonds is 6. The molecule has 0 aliphatic heterocycles. The smallest absolute Gasteiger partial charge is 0.196 e. The van der Waals surface area contributed by atoms with Crippen molar-refractivity contribution in [2.24, 2.45) is 0 Å². The van der Waals surface area contributed by atoms with Gasteiger partial charge in [0.05, 0.1) is 29.1 Å². The van der Waals surface area contributed by atoms with Crippen LogP contribution in [-0.2, 0) is 6.54 Å². The quantitative estimate of drug-likeness (QED) is 0.673. The summed E-state index contributed by atoms with van der Waals surface area (Å²) >= 11 is 7.54. The van der Waals surface area contributed by atoms with Crippen LogP contribution in [-0.4, -0.2) is 20.5 Å². The predicted octanol–water partition coefficient (Wildman–Crippen LogP) is 4.15. The summed E-state index contributed by atoms with van der Waals surface area (Å²) in [6, 6.07) is 19.5. The molecule has 24 heavy (non-hydrogen) atoms. The summed E-state index contributed by atoms with van der Waals surface area (Å²) in [6.07, 6.45) is 0. The lowest BCUT2D eigenvalue weighted by molar-refractivity contribution is 0.842. The van der Waals surface area contributed by atoms with Crippen molar-refractivity contribution in [2.75, 3.05) is 11.1 Å². The van der Waals surface area contributed by atoms with E-state index in [0.29, 0.717) is 22.5 Å². The first kappa shape index (κ1) is 16.4. The maximum absolute atomic E-state index is 8.82. The minimum Gasteiger partial charge on any atom is -0.377 e. The van der Waals surface area contributed by atoms with Crippen molar-refractivity contribution in [1.29, 1.82) is 5.26 Å². The van der Waals surface area contributed by atoms with Gasteiger partial charge in [-0.1, -0.05) is 53.7 Å². The minimum atomic E-state index is 0.322. The summed E-state index contributed by atoms with van der Waals surface area (Å²) in [7, 11) is 0. The molecular formula is C17H14ClN5S.